The summed E-state index contributed by atoms with van der Waals surface area (Å²) >= 11 is 1.80. The number of nitrogens with one attached hydrogen (secondary N) is 6. The van der Waals surface area contributed by atoms with E-state index in [2.05, 4.69) is 101 Å². The molecule has 3 saturated heterocycles. The summed E-state index contributed by atoms with van der Waals surface area (Å²) < 4.78 is 57.7. The highest BCUT2D eigenvalue weighted by atomic mass is 32.2. The third-order valence-electron chi connectivity index (χ3n) is 12.4. The Morgan fingerprint density at radius 2 is 1.33 bits per heavy atom. The fourth-order valence-corrected chi connectivity index (χ4v) is 12.6. The monoisotopic (exact) mass is 1130 g/mol. The van der Waals surface area contributed by atoms with Gasteiger partial charge in [-0.05, 0) is 94.1 Å². The van der Waals surface area contributed by atoms with E-state index in [4.69, 9.17) is 10.5 Å². The van der Waals surface area contributed by atoms with Gasteiger partial charge in [-0.3, -0.25) is 27.9 Å². The van der Waals surface area contributed by atoms with Crippen molar-refractivity contribution >= 4 is 59.0 Å². The van der Waals surface area contributed by atoms with E-state index in [-0.39, 0.29) is 42.8 Å². The molecule has 3 fully saturated rings. The number of quaternary nitrogens is 3. The molecule has 0 bridgehead atoms. The van der Waals surface area contributed by atoms with Crippen molar-refractivity contribution in [2.75, 3.05) is 83.5 Å². The molecule has 3 aliphatic rings. The molecule has 0 spiro atoms. The number of amides is 3. The Balaban J connectivity index is 0.00000106. The van der Waals surface area contributed by atoms with Crippen molar-refractivity contribution in [1.82, 2.24) is 25.5 Å². The second kappa shape index (κ2) is 35.7. The van der Waals surface area contributed by atoms with Crippen molar-refractivity contribution < 1.29 is 90.1 Å². The number of ether oxygens (including phenoxy) is 1. The van der Waals surface area contributed by atoms with E-state index in [0.717, 1.165) is 29.4 Å². The predicted molar refractivity (Wildman–Crippen MR) is 269 cm³/mol. The van der Waals surface area contributed by atoms with Gasteiger partial charge in [0.2, 0.25) is 5.91 Å². The maximum absolute atomic E-state index is 12.1. The van der Waals surface area contributed by atoms with Crippen LogP contribution < -0.4 is 56.8 Å². The van der Waals surface area contributed by atoms with Gasteiger partial charge in [0.15, 0.2) is 6.23 Å². The molecule has 73 heavy (non-hydrogen) atoms. The highest BCUT2D eigenvalue weighted by Gasteiger charge is 2.45. The number of carbonyl (C=O) groups excluding carboxylic acids is 3. The highest BCUT2D eigenvalue weighted by molar-refractivity contribution is 8.00. The molecule has 26 nitrogen and oxygen atoms in total. The summed E-state index contributed by atoms with van der Waals surface area (Å²) in [5.41, 5.74) is 4.40. The van der Waals surface area contributed by atoms with E-state index in [1.165, 1.54) is 65.0 Å². The molecular formula is C43H86N9O17P3S. The lowest BCUT2D eigenvalue weighted by molar-refractivity contribution is -0.894. The van der Waals surface area contributed by atoms with Gasteiger partial charge >= 0.3 is 25.5 Å². The maximum Gasteiger partial charge on any atom is 0.351 e. The Hall–Kier alpha value is -2.55. The van der Waals surface area contributed by atoms with E-state index in [0.29, 0.717) is 30.9 Å². The van der Waals surface area contributed by atoms with Gasteiger partial charge in [-0.1, -0.05) is 12.8 Å². The van der Waals surface area contributed by atoms with Crippen LogP contribution in [0.5, 0.6) is 0 Å². The molecular weight excluding hydrogens is 1040 g/mol. The van der Waals surface area contributed by atoms with Gasteiger partial charge in [-0.15, -0.1) is 0 Å². The van der Waals surface area contributed by atoms with Gasteiger partial charge in [0.05, 0.1) is 77.6 Å². The van der Waals surface area contributed by atoms with Gasteiger partial charge in [-0.25, -0.2) is 18.2 Å². The van der Waals surface area contributed by atoms with Crippen molar-refractivity contribution in [1.29, 1.82) is 0 Å². The van der Waals surface area contributed by atoms with Crippen LogP contribution in [0.2, 0.25) is 0 Å². The molecule has 426 valence electrons. The maximum atomic E-state index is 12.1. The summed E-state index contributed by atoms with van der Waals surface area (Å²) in [5, 5.41) is 29.2. The van der Waals surface area contributed by atoms with E-state index in [1.807, 2.05) is 0 Å². The minimum absolute atomic E-state index is 0.0879. The average Bonchev–Trinajstić information content (AvgIpc) is 3.97. The van der Waals surface area contributed by atoms with Gasteiger partial charge in [-0.2, -0.15) is 16.7 Å². The van der Waals surface area contributed by atoms with E-state index in [1.54, 1.807) is 26.5 Å². The van der Waals surface area contributed by atoms with Crippen molar-refractivity contribution in [2.45, 2.75) is 156 Å². The Labute approximate surface area is 435 Å². The number of aliphatic hydroxyl groups excluding tert-OH is 2. The number of urea groups is 1. The van der Waals surface area contributed by atoms with Crippen LogP contribution in [0.25, 0.3) is 0 Å². The number of hydrogen-bond acceptors (Lipinski definition) is 20. The lowest BCUT2D eigenvalue weighted by Gasteiger charge is -2.34. The Kier molecular flexibility index (Phi) is 33.5. The summed E-state index contributed by atoms with van der Waals surface area (Å²) in [6, 6.07) is 1.26. The smallest absolute Gasteiger partial charge is 0.351 e. The first kappa shape index (κ1) is 68.5. The summed E-state index contributed by atoms with van der Waals surface area (Å²) in [6.07, 6.45) is -2.79. The molecule has 3 aliphatic heterocycles. The molecule has 1 aromatic rings. The number of aliphatic hydroxyl groups is 2. The third-order valence-corrected chi connectivity index (χ3v) is 18.0. The fraction of sp³-hybridized carbons (Fsp3) is 0.837. The standard InChI is InChI=1S/C25H41N6O17P3S.3C6H15N/c26-17-9-11-31(25(37)29-17)23-22(35)21(34)15(45-23)12-44-49(38,39)47-51(42,43)48-50(40,41)46-19(33)8-2-1-5-10-27-18(32)7-4-3-6-16-20-14(13-52-16)28-24(36)30-20;3*1-4-7(5-2)6-3/h9,11,14-16,20-23,34-35H,1-8,10,12-13H2,(H,27,32)(H,38,39)(H,40,41)(H,42,43)(H2,26,29,37)(H2,28,30,36);3*4-6H2,1-3H3/t14?,15-,16?,20?,21+,22?,23-;;;/m1.../s1. The van der Waals surface area contributed by atoms with E-state index < -0.39 is 72.7 Å². The number of thioether (sulfide) groups is 1. The quantitative estimate of drug-likeness (QED) is 0.0230. The lowest BCUT2D eigenvalue weighted by atomic mass is 10.0. The van der Waals surface area contributed by atoms with Crippen LogP contribution in [0.4, 0.5) is 10.6 Å². The lowest BCUT2D eigenvalue weighted by Crippen LogP contribution is -3.11. The SMILES string of the molecule is CC[NH+](CC)CC.CC[NH+](CC)CC.CC[NH+](CC)CC.Nc1ccn([C@@H]2O[C@H](COP(=O)([O-])OP(=O)([O-])OP(=O)([O-])OC(=O)CCCCCNC(=O)CCCCC3SCC4NC(=O)NC43)[C@H](O)C2O)c(=O)n1. The fourth-order valence-electron chi connectivity index (χ4n) is 7.76. The summed E-state index contributed by atoms with van der Waals surface area (Å²) in [4.78, 5) is 92.0. The van der Waals surface area contributed by atoms with Gasteiger partial charge in [0.1, 0.15) is 24.1 Å². The van der Waals surface area contributed by atoms with Crippen molar-refractivity contribution in [3.63, 3.8) is 0 Å². The van der Waals surface area contributed by atoms with Crippen molar-refractivity contribution in [3.05, 3.63) is 22.7 Å². The topological polar surface area (TPSA) is 369 Å². The Morgan fingerprint density at radius 1 is 0.795 bits per heavy atom. The molecule has 0 saturated carbocycles. The van der Waals surface area contributed by atoms with Gasteiger partial charge in [0.25, 0.3) is 15.6 Å². The zero-order valence-corrected chi connectivity index (χ0v) is 47.6. The summed E-state index contributed by atoms with van der Waals surface area (Å²) in [5.74, 6) is -0.878. The number of phosphoric acid groups is 3. The Bertz CT molecular complexity index is 1930. The van der Waals surface area contributed by atoms with Crippen LogP contribution in [0.3, 0.4) is 0 Å². The van der Waals surface area contributed by atoms with Gasteiger partial charge in [0, 0.05) is 36.6 Å². The van der Waals surface area contributed by atoms with Crippen LogP contribution in [-0.2, 0) is 45.7 Å². The number of aromatic nitrogens is 2. The second-order valence-corrected chi connectivity index (χ2v) is 23.0. The number of carbonyl (C=O) groups is 3. The molecule has 4 heterocycles. The predicted octanol–water partition coefficient (Wildman–Crippen LogP) is -2.36. The summed E-state index contributed by atoms with van der Waals surface area (Å²) in [6.45, 7) is 30.6. The first-order valence-corrected chi connectivity index (χ1v) is 30.9. The van der Waals surface area contributed by atoms with Crippen LogP contribution in [0.15, 0.2) is 17.1 Å². The number of unbranched alkanes of at least 4 members (excludes halogenated alkanes) is 3. The molecule has 0 radical (unpaired) electrons. The number of nitrogens with two attached hydrogens (primary N) is 1. The molecule has 30 heteroatoms. The van der Waals surface area contributed by atoms with E-state index in [9.17, 15) is 57.8 Å². The van der Waals surface area contributed by atoms with Crippen molar-refractivity contribution in [3.8, 4) is 0 Å². The molecule has 1 aromatic heterocycles. The van der Waals surface area contributed by atoms with Crippen LogP contribution >= 0.6 is 35.2 Å². The molecule has 3 amide bonds. The number of phosphoric ester groups is 2. The highest BCUT2D eigenvalue weighted by Crippen LogP contribution is 2.63. The summed E-state index contributed by atoms with van der Waals surface area (Å²) in [7, 11) is -18.3. The molecule has 4 rings (SSSR count). The minimum atomic E-state index is -6.31. The number of nitrogen functional groups attached to an aromatic ring is 1. The molecule has 10 N–H and O–H groups in total. The first-order chi connectivity index (χ1) is 34.4. The molecule has 0 aromatic carbocycles. The number of fused-ring (bicyclic) bond motifs is 1. The molecule has 10 atom stereocenters. The zero-order valence-electron chi connectivity index (χ0n) is 44.1. The number of hydrogen-bond donors (Lipinski definition) is 9. The average molecular weight is 1130 g/mol. The Morgan fingerprint density at radius 3 is 1.85 bits per heavy atom. The molecule has 0 aliphatic carbocycles. The van der Waals surface area contributed by atoms with Crippen molar-refractivity contribution in [2.24, 2.45) is 0 Å². The zero-order chi connectivity index (χ0) is 55.4. The normalized spacial score (nSPS) is 23.5. The third kappa shape index (κ3) is 26.9. The van der Waals surface area contributed by atoms with Crippen LogP contribution in [0.1, 0.15) is 120 Å². The van der Waals surface area contributed by atoms with Gasteiger partial charge < -0.3 is 75.1 Å². The first-order valence-electron chi connectivity index (χ1n) is 25.4. The second-order valence-electron chi connectivity index (χ2n) is 17.3. The number of rotatable bonds is 29. The number of anilines is 1. The van der Waals surface area contributed by atoms with E-state index >= 15 is 0 Å². The minimum Gasteiger partial charge on any atom is -0.756 e. The van der Waals surface area contributed by atoms with Crippen LogP contribution in [0, 0.1) is 0 Å². The molecule has 7 unspecified atom stereocenters. The van der Waals surface area contributed by atoms with Crippen LogP contribution in [-0.4, -0.2) is 151 Å². The largest absolute Gasteiger partial charge is 0.756 e. The number of nitrogens with zero attached hydrogens (tertiary/aromatic N) is 2.